The van der Waals surface area contributed by atoms with Gasteiger partial charge in [0.25, 0.3) is 5.56 Å². The lowest BCUT2D eigenvalue weighted by Crippen LogP contribution is -2.43. The molecule has 1 aliphatic carbocycles. The van der Waals surface area contributed by atoms with Gasteiger partial charge in [-0.15, -0.1) is 0 Å². The molecule has 0 radical (unpaired) electrons. The summed E-state index contributed by atoms with van der Waals surface area (Å²) in [7, 11) is 1.71. The molecule has 1 aromatic heterocycles. The minimum atomic E-state index is -1.23. The van der Waals surface area contributed by atoms with E-state index in [4.69, 9.17) is 9.47 Å². The van der Waals surface area contributed by atoms with Gasteiger partial charge < -0.3 is 19.1 Å². The van der Waals surface area contributed by atoms with Crippen molar-refractivity contribution < 1.29 is 19.4 Å². The SMILES string of the molecule is CC[C@H](C)C[C@@H](C)/C=C(\C)[C@@H]1O[C@H](c2c3c(cn(C)c2=O)[C@@]2(O)CCC(=O)C[C@H]2O3)CC[C@H]1C. The lowest BCUT2D eigenvalue weighted by molar-refractivity contribution is -0.133. The van der Waals surface area contributed by atoms with Crippen LogP contribution in [0.5, 0.6) is 5.75 Å². The predicted molar refractivity (Wildman–Crippen MR) is 132 cm³/mol. The molecule has 2 fully saturated rings. The van der Waals surface area contributed by atoms with Crippen LogP contribution in [0, 0.1) is 17.8 Å². The quantitative estimate of drug-likeness (QED) is 0.593. The number of allylic oxidation sites excluding steroid dienone is 1. The third-order valence-corrected chi connectivity index (χ3v) is 8.32. The van der Waals surface area contributed by atoms with Gasteiger partial charge in [0.15, 0.2) is 0 Å². The first-order chi connectivity index (χ1) is 16.0. The summed E-state index contributed by atoms with van der Waals surface area (Å²) in [4.78, 5) is 25.4. The summed E-state index contributed by atoms with van der Waals surface area (Å²) < 4.78 is 14.3. The lowest BCUT2D eigenvalue weighted by atomic mass is 9.78. The number of Topliss-reactive ketones (excluding diaryl/α,β-unsaturated/α-hetero) is 1. The number of rotatable bonds is 6. The van der Waals surface area contributed by atoms with Crippen LogP contribution < -0.4 is 10.3 Å². The minimum Gasteiger partial charge on any atom is -0.486 e. The molecule has 0 unspecified atom stereocenters. The average molecular weight is 472 g/mol. The van der Waals surface area contributed by atoms with Crippen molar-refractivity contribution >= 4 is 5.78 Å². The second-order valence-corrected chi connectivity index (χ2v) is 11.2. The van der Waals surface area contributed by atoms with Gasteiger partial charge in [-0.3, -0.25) is 9.59 Å². The van der Waals surface area contributed by atoms with Crippen LogP contribution in [0.15, 0.2) is 22.6 Å². The van der Waals surface area contributed by atoms with E-state index in [0.717, 1.165) is 19.3 Å². The Morgan fingerprint density at radius 1 is 1.32 bits per heavy atom. The molecule has 1 N–H and O–H groups in total. The summed E-state index contributed by atoms with van der Waals surface area (Å²) in [5, 5.41) is 11.5. The third-order valence-electron chi connectivity index (χ3n) is 8.32. The van der Waals surface area contributed by atoms with E-state index in [0.29, 0.717) is 47.5 Å². The Kier molecular flexibility index (Phi) is 7.12. The topological polar surface area (TPSA) is 77.8 Å². The molecule has 1 saturated heterocycles. The van der Waals surface area contributed by atoms with Crippen molar-refractivity contribution in [1.29, 1.82) is 0 Å². The van der Waals surface area contributed by atoms with Gasteiger partial charge in [-0.2, -0.15) is 0 Å². The smallest absolute Gasteiger partial charge is 0.259 e. The van der Waals surface area contributed by atoms with E-state index in [-0.39, 0.29) is 23.9 Å². The number of fused-ring (bicyclic) bond motifs is 3. The second-order valence-electron chi connectivity index (χ2n) is 11.2. The normalized spacial score (nSPS) is 33.1. The first kappa shape index (κ1) is 25.2. The van der Waals surface area contributed by atoms with Crippen molar-refractivity contribution in [3.63, 3.8) is 0 Å². The third kappa shape index (κ3) is 4.51. The second kappa shape index (κ2) is 9.62. The average Bonchev–Trinajstić information content (AvgIpc) is 3.06. The number of hydrogen-bond acceptors (Lipinski definition) is 5. The number of ketones is 1. The Morgan fingerprint density at radius 2 is 2.06 bits per heavy atom. The van der Waals surface area contributed by atoms with Crippen molar-refractivity contribution in [2.24, 2.45) is 24.8 Å². The first-order valence-corrected chi connectivity index (χ1v) is 13.0. The highest BCUT2D eigenvalue weighted by molar-refractivity contribution is 5.81. The minimum absolute atomic E-state index is 0.0629. The highest BCUT2D eigenvalue weighted by Gasteiger charge is 2.53. The molecule has 34 heavy (non-hydrogen) atoms. The largest absolute Gasteiger partial charge is 0.486 e. The standard InChI is InChI=1S/C28H41NO5/c1-7-16(2)12-17(3)13-19(5)25-18(4)8-9-22(33-25)24-26-21(15-29(6)27(24)31)28(32)11-10-20(30)14-23(28)34-26/h13,15-18,22-23,25,32H,7-12,14H2,1-6H3/b19-13+/t16-,17+,18+,22-,23+,25+,28-/m0/s1. The first-order valence-electron chi connectivity index (χ1n) is 13.0. The summed E-state index contributed by atoms with van der Waals surface area (Å²) in [6.07, 6.45) is 7.74. The van der Waals surface area contributed by atoms with Gasteiger partial charge in [-0.1, -0.05) is 40.2 Å². The van der Waals surface area contributed by atoms with Gasteiger partial charge in [-0.05, 0) is 55.9 Å². The molecule has 3 aliphatic rings. The molecule has 0 spiro atoms. The van der Waals surface area contributed by atoms with Crippen molar-refractivity contribution in [2.45, 2.75) is 103 Å². The fraction of sp³-hybridized carbons (Fsp3) is 0.714. The highest BCUT2D eigenvalue weighted by Crippen LogP contribution is 2.51. The van der Waals surface area contributed by atoms with E-state index in [1.54, 1.807) is 13.2 Å². The molecule has 0 bridgehead atoms. The van der Waals surface area contributed by atoms with Crippen molar-refractivity contribution in [2.75, 3.05) is 0 Å². The van der Waals surface area contributed by atoms with Crippen LogP contribution >= 0.6 is 0 Å². The van der Waals surface area contributed by atoms with Crippen molar-refractivity contribution in [3.8, 4) is 5.75 Å². The molecule has 7 atom stereocenters. The number of aromatic nitrogens is 1. The summed E-state index contributed by atoms with van der Waals surface area (Å²) >= 11 is 0. The van der Waals surface area contributed by atoms with Crippen LogP contribution in [0.4, 0.5) is 0 Å². The number of nitrogens with zero attached hydrogens (tertiary/aromatic N) is 1. The zero-order valence-electron chi connectivity index (χ0n) is 21.6. The number of hydrogen-bond donors (Lipinski definition) is 1. The number of pyridine rings is 1. The van der Waals surface area contributed by atoms with Crippen LogP contribution in [0.2, 0.25) is 0 Å². The molecule has 2 aliphatic heterocycles. The van der Waals surface area contributed by atoms with Gasteiger partial charge in [0.1, 0.15) is 23.2 Å². The Labute approximate surface area is 203 Å². The van der Waals surface area contributed by atoms with Crippen LogP contribution in [0.3, 0.4) is 0 Å². The maximum atomic E-state index is 13.3. The zero-order valence-corrected chi connectivity index (χ0v) is 21.6. The number of aryl methyl sites for hydroxylation is 1. The Bertz CT molecular complexity index is 1030. The Balaban J connectivity index is 1.65. The lowest BCUT2D eigenvalue weighted by Gasteiger charge is -2.36. The van der Waals surface area contributed by atoms with Crippen molar-refractivity contribution in [3.05, 3.63) is 39.3 Å². The summed E-state index contributed by atoms with van der Waals surface area (Å²) in [6, 6.07) is 0. The van der Waals surface area contributed by atoms with Gasteiger partial charge in [0.05, 0.1) is 17.8 Å². The number of carbonyl (C=O) groups is 1. The summed E-state index contributed by atoms with van der Waals surface area (Å²) in [5.41, 5.74) is 0.947. The Morgan fingerprint density at radius 3 is 2.76 bits per heavy atom. The molecule has 4 rings (SSSR count). The fourth-order valence-electron chi connectivity index (χ4n) is 6.15. The number of aliphatic hydroxyl groups is 1. The maximum Gasteiger partial charge on any atom is 0.259 e. The highest BCUT2D eigenvalue weighted by atomic mass is 16.5. The van der Waals surface area contributed by atoms with Crippen LogP contribution in [-0.4, -0.2) is 27.7 Å². The molecule has 6 nitrogen and oxygen atoms in total. The molecule has 1 saturated carbocycles. The van der Waals surface area contributed by atoms with Gasteiger partial charge in [-0.25, -0.2) is 0 Å². The maximum absolute atomic E-state index is 13.3. The molecule has 0 aromatic carbocycles. The van der Waals surface area contributed by atoms with Gasteiger partial charge in [0, 0.05) is 31.6 Å². The van der Waals surface area contributed by atoms with E-state index in [2.05, 4.69) is 40.7 Å². The van der Waals surface area contributed by atoms with E-state index in [1.165, 1.54) is 16.6 Å². The Hall–Kier alpha value is -1.92. The monoisotopic (exact) mass is 471 g/mol. The summed E-state index contributed by atoms with van der Waals surface area (Å²) in [5.74, 6) is 2.04. The van der Waals surface area contributed by atoms with Gasteiger partial charge in [0.2, 0.25) is 0 Å². The van der Waals surface area contributed by atoms with Crippen LogP contribution in [-0.2, 0) is 22.2 Å². The van der Waals surface area contributed by atoms with E-state index in [9.17, 15) is 14.7 Å². The van der Waals surface area contributed by atoms with Gasteiger partial charge >= 0.3 is 0 Å². The molecular formula is C28H41NO5. The molecule has 188 valence electrons. The molecule has 6 heteroatoms. The molecule has 0 amide bonds. The van der Waals surface area contributed by atoms with E-state index < -0.39 is 17.8 Å². The van der Waals surface area contributed by atoms with E-state index >= 15 is 0 Å². The summed E-state index contributed by atoms with van der Waals surface area (Å²) in [6.45, 7) is 11.1. The molecule has 1 aromatic rings. The number of ether oxygens (including phenoxy) is 2. The number of carbonyl (C=O) groups excluding carboxylic acids is 1. The van der Waals surface area contributed by atoms with Crippen LogP contribution in [0.1, 0.15) is 96.8 Å². The zero-order chi connectivity index (χ0) is 24.8. The fourth-order valence-corrected chi connectivity index (χ4v) is 6.15. The van der Waals surface area contributed by atoms with Crippen LogP contribution in [0.25, 0.3) is 0 Å². The molecule has 3 heterocycles. The molecular weight excluding hydrogens is 430 g/mol. The van der Waals surface area contributed by atoms with E-state index in [1.807, 2.05) is 0 Å². The van der Waals surface area contributed by atoms with Crippen molar-refractivity contribution in [1.82, 2.24) is 4.57 Å². The predicted octanol–water partition coefficient (Wildman–Crippen LogP) is 4.96.